The molecular weight excluding hydrogens is 859 g/mol. The van der Waals surface area contributed by atoms with Crippen molar-refractivity contribution in [3.05, 3.63) is 70.8 Å². The molecule has 352 valence electrons. The molecule has 0 spiro atoms. The van der Waals surface area contributed by atoms with E-state index in [1.54, 1.807) is 30.2 Å². The number of carbonyl (C=O) groups excluding carboxylic acids is 5. The van der Waals surface area contributed by atoms with Crippen LogP contribution in [0.3, 0.4) is 0 Å². The summed E-state index contributed by atoms with van der Waals surface area (Å²) in [6.45, 7) is 17.5. The summed E-state index contributed by atoms with van der Waals surface area (Å²) < 4.78 is 14.2. The quantitative estimate of drug-likeness (QED) is 0.156. The molecule has 5 amide bonds. The van der Waals surface area contributed by atoms with E-state index in [1.165, 1.54) is 27.3 Å². The Morgan fingerprint density at radius 2 is 1.88 bits per heavy atom. The number of aryl methyl sites for hydroxylation is 1. The molecule has 3 aliphatic heterocycles. The summed E-state index contributed by atoms with van der Waals surface area (Å²) in [7, 11) is 3.30. The lowest BCUT2D eigenvalue weighted by atomic mass is 9.84. The van der Waals surface area contributed by atoms with E-state index in [-0.39, 0.29) is 49.1 Å². The van der Waals surface area contributed by atoms with E-state index in [4.69, 9.17) is 19.4 Å². The maximum absolute atomic E-state index is 14.7. The zero-order chi connectivity index (χ0) is 47.2. The van der Waals surface area contributed by atoms with E-state index >= 15 is 0 Å². The van der Waals surface area contributed by atoms with Crippen LogP contribution in [0, 0.1) is 11.3 Å². The van der Waals surface area contributed by atoms with Gasteiger partial charge in [0.05, 0.1) is 46.9 Å². The van der Waals surface area contributed by atoms with Crippen molar-refractivity contribution in [3.8, 4) is 22.5 Å². The summed E-state index contributed by atoms with van der Waals surface area (Å²) >= 11 is 1.41. The van der Waals surface area contributed by atoms with Crippen LogP contribution in [-0.2, 0) is 48.0 Å². The fourth-order valence-electron chi connectivity index (χ4n) is 10.1. The van der Waals surface area contributed by atoms with Gasteiger partial charge in [-0.1, -0.05) is 40.3 Å². The number of aromatic nitrogens is 3. The van der Waals surface area contributed by atoms with Crippen LogP contribution in [0.4, 0.5) is 4.79 Å². The number of pyridine rings is 1. The SMILES string of the molecule is C=CC(=O)N1CCN(C(=O)N(C)[C@H](C(=O)N[C@H]2Cc3nc(cs3)-c3ccc4c(c3)c(c(-c3cccnc3[C@H](C)OC)n4CC)CC(C)(C)COC(=O)[C@@H]3CCCN(N3)C2=O)C(C)C)[C@@H]2C[C@@H]21. The number of hydrogen-bond donors (Lipinski definition) is 2. The number of methoxy groups -OCH3 is 1. The number of carbonyl (C=O) groups is 5. The molecule has 6 bridgehead atoms. The predicted octanol–water partition coefficient (Wildman–Crippen LogP) is 5.75. The minimum atomic E-state index is -1.08. The van der Waals surface area contributed by atoms with Gasteiger partial charge in [0.15, 0.2) is 0 Å². The first-order valence-electron chi connectivity index (χ1n) is 23.1. The minimum Gasteiger partial charge on any atom is -0.464 e. The van der Waals surface area contributed by atoms with E-state index in [0.29, 0.717) is 56.9 Å². The molecule has 4 aromatic rings. The fraction of sp³-hybridized carbons (Fsp3) is 0.531. The highest BCUT2D eigenvalue weighted by atomic mass is 32.1. The number of thiazole rings is 1. The third-order valence-electron chi connectivity index (χ3n) is 13.6. The molecule has 3 aromatic heterocycles. The number of hydrogen-bond acceptors (Lipinski definition) is 11. The lowest BCUT2D eigenvalue weighted by Gasteiger charge is -2.39. The molecule has 4 aliphatic rings. The van der Waals surface area contributed by atoms with Crippen LogP contribution in [0.1, 0.15) is 83.2 Å². The zero-order valence-corrected chi connectivity index (χ0v) is 40.2. The average Bonchev–Trinajstić information content (AvgIpc) is 3.89. The number of piperazine rings is 1. The number of nitrogens with zero attached hydrogens (tertiary/aromatic N) is 7. The van der Waals surface area contributed by atoms with Crippen molar-refractivity contribution in [3.63, 3.8) is 0 Å². The van der Waals surface area contributed by atoms with Gasteiger partial charge in [0.2, 0.25) is 11.8 Å². The molecule has 1 aromatic carbocycles. The molecule has 16 nitrogen and oxygen atoms in total. The van der Waals surface area contributed by atoms with E-state index in [0.717, 1.165) is 44.7 Å². The lowest BCUT2D eigenvalue weighted by molar-refractivity contribution is -0.155. The third-order valence-corrected chi connectivity index (χ3v) is 14.5. The van der Waals surface area contributed by atoms with Crippen LogP contribution in [0.5, 0.6) is 0 Å². The van der Waals surface area contributed by atoms with Gasteiger partial charge >= 0.3 is 12.0 Å². The summed E-state index contributed by atoms with van der Waals surface area (Å²) in [5, 5.41) is 8.12. The number of esters is 1. The van der Waals surface area contributed by atoms with Crippen molar-refractivity contribution in [1.29, 1.82) is 0 Å². The number of amides is 5. The van der Waals surface area contributed by atoms with Crippen LogP contribution < -0.4 is 10.7 Å². The molecule has 2 saturated heterocycles. The summed E-state index contributed by atoms with van der Waals surface area (Å²) in [6.07, 6.45) is 5.16. The predicted molar refractivity (Wildman–Crippen MR) is 252 cm³/mol. The number of fused-ring (bicyclic) bond motifs is 7. The molecule has 17 heteroatoms. The molecule has 0 radical (unpaired) electrons. The van der Waals surface area contributed by atoms with E-state index in [2.05, 4.69) is 66.9 Å². The Morgan fingerprint density at radius 1 is 1.12 bits per heavy atom. The maximum atomic E-state index is 14.7. The normalized spacial score (nSPS) is 22.8. The van der Waals surface area contributed by atoms with Crippen molar-refractivity contribution >= 4 is 52.0 Å². The van der Waals surface area contributed by atoms with Crippen molar-refractivity contribution in [2.75, 3.05) is 40.4 Å². The first-order chi connectivity index (χ1) is 31.5. The summed E-state index contributed by atoms with van der Waals surface area (Å²) in [4.78, 5) is 84.4. The highest BCUT2D eigenvalue weighted by Crippen LogP contribution is 2.42. The highest BCUT2D eigenvalue weighted by Gasteiger charge is 2.53. The van der Waals surface area contributed by atoms with Gasteiger partial charge in [-0.25, -0.2) is 15.2 Å². The lowest BCUT2D eigenvalue weighted by Crippen LogP contribution is -2.63. The Morgan fingerprint density at radius 3 is 2.61 bits per heavy atom. The monoisotopic (exact) mass is 921 g/mol. The summed E-state index contributed by atoms with van der Waals surface area (Å²) in [6, 6.07) is 7.11. The zero-order valence-electron chi connectivity index (χ0n) is 39.3. The van der Waals surface area contributed by atoms with Crippen LogP contribution in [0.15, 0.2) is 54.6 Å². The Hall–Kier alpha value is -5.65. The number of urea groups is 1. The molecule has 6 heterocycles. The van der Waals surface area contributed by atoms with Crippen LogP contribution in [-0.4, -0.2) is 135 Å². The van der Waals surface area contributed by atoms with E-state index < -0.39 is 41.3 Å². The van der Waals surface area contributed by atoms with Gasteiger partial charge in [0.25, 0.3) is 5.91 Å². The topological polar surface area (TPSA) is 172 Å². The number of hydrazine groups is 1. The van der Waals surface area contributed by atoms with Gasteiger partial charge in [-0.15, -0.1) is 11.3 Å². The Balaban J connectivity index is 1.14. The number of cyclic esters (lactones) is 1. The van der Waals surface area contributed by atoms with Crippen LogP contribution >= 0.6 is 11.3 Å². The molecule has 8 rings (SSSR count). The smallest absolute Gasteiger partial charge is 0.324 e. The van der Waals surface area contributed by atoms with Gasteiger partial charge in [0, 0.05) is 85.8 Å². The number of nitrogens with one attached hydrogen (secondary N) is 2. The fourth-order valence-corrected chi connectivity index (χ4v) is 10.9. The third kappa shape index (κ3) is 9.08. The van der Waals surface area contributed by atoms with Crippen molar-refractivity contribution in [1.82, 2.24) is 45.0 Å². The highest BCUT2D eigenvalue weighted by molar-refractivity contribution is 7.10. The van der Waals surface area contributed by atoms with Gasteiger partial charge in [0.1, 0.15) is 18.1 Å². The maximum Gasteiger partial charge on any atom is 0.324 e. The minimum absolute atomic E-state index is 0.0746. The molecule has 1 saturated carbocycles. The van der Waals surface area contributed by atoms with Crippen LogP contribution in [0.25, 0.3) is 33.4 Å². The summed E-state index contributed by atoms with van der Waals surface area (Å²) in [5.41, 5.74) is 9.27. The molecule has 6 atom stereocenters. The van der Waals surface area contributed by atoms with Crippen molar-refractivity contribution in [2.24, 2.45) is 11.3 Å². The van der Waals surface area contributed by atoms with Crippen molar-refractivity contribution < 1.29 is 33.4 Å². The van der Waals surface area contributed by atoms with Gasteiger partial charge < -0.3 is 34.1 Å². The second-order valence-electron chi connectivity index (χ2n) is 19.2. The Kier molecular flexibility index (Phi) is 13.4. The molecule has 2 N–H and O–H groups in total. The number of likely N-dealkylation sites (N-methyl/N-ethyl adjacent to an activating group) is 1. The first-order valence-corrected chi connectivity index (χ1v) is 24.0. The van der Waals surface area contributed by atoms with Crippen molar-refractivity contribution in [2.45, 2.75) is 117 Å². The Labute approximate surface area is 390 Å². The van der Waals surface area contributed by atoms with E-state index in [9.17, 15) is 24.0 Å². The van der Waals surface area contributed by atoms with Gasteiger partial charge in [-0.05, 0) is 81.4 Å². The molecule has 3 fully saturated rings. The van der Waals surface area contributed by atoms with Crippen LogP contribution in [0.2, 0.25) is 0 Å². The average molecular weight is 922 g/mol. The standard InChI is InChI=1S/C49H63N9O7S/c1-10-41(59)56-20-21-57(39-24-38(39)56)48(63)54(8)43(28(3)4)45(60)52-35-23-40-51-36(26-66-40)30-16-17-37-32(22-30)33(44(55(37)11-2)31-14-12-18-50-42(31)29(5)64-9)25-49(6,7)27-65-47(62)34-15-13-19-58(53-34)46(35)61/h10,12,14,16-18,22,26,28-29,34-35,38-39,43,53H,1,11,13,15,19-21,23-25,27H2,2-9H3,(H,52,60)/t29-,34-,35-,38-,39+,43-/m0/s1. The second-order valence-corrected chi connectivity index (χ2v) is 20.1. The molecular formula is C49H63N9O7S. The molecule has 66 heavy (non-hydrogen) atoms. The largest absolute Gasteiger partial charge is 0.464 e. The first kappa shape index (κ1) is 46.9. The summed E-state index contributed by atoms with van der Waals surface area (Å²) in [5.74, 6) is -1.82. The molecule has 0 unspecified atom stereocenters. The van der Waals surface area contributed by atoms with E-state index in [1.807, 2.05) is 32.2 Å². The van der Waals surface area contributed by atoms with Gasteiger partial charge in [-0.3, -0.25) is 29.2 Å². The Bertz CT molecular complexity index is 2530. The number of rotatable bonds is 9. The van der Waals surface area contributed by atoms with Gasteiger partial charge in [-0.2, -0.15) is 0 Å². The number of benzene rings is 1. The number of ether oxygens (including phenoxy) is 2. The second kappa shape index (κ2) is 18.9. The molecule has 1 aliphatic carbocycles.